The van der Waals surface area contributed by atoms with Crippen molar-refractivity contribution in [3.8, 4) is 10.4 Å². The summed E-state index contributed by atoms with van der Waals surface area (Å²) in [5, 5.41) is 22.1. The van der Waals surface area contributed by atoms with Gasteiger partial charge in [0.25, 0.3) is 5.91 Å². The standard InChI is InChI=1S/C56H68F2N12O6S/c1-34-50(77-33-62-34)38-9-5-36(6-10-38)29-61-53(75)47-26-42(71)31-70(47)54(76)51(56(2,3)4)66-49(73)32-67-19-17-37(18-20-67)30-68-21-23-69(24-22-68)41-15-13-39(14-16-41)63-48(72)25-35-7-11-40(12-8-35)64-52(74)43-27-45(58)46(28-44(43)57)65-55(59)60/h5-16,27-28,33,37,42,47,51,71H,17-26,29-32H2,1-4H3,(H,61,75)(H,63,72)(H,64,74)(H,66,73)(H4,59,60,65)/t42-,47+,51-/m1/s1. The highest BCUT2D eigenvalue weighted by Gasteiger charge is 2.44. The number of aliphatic hydroxyl groups is 1. The molecule has 18 nitrogen and oxygen atoms in total. The van der Waals surface area contributed by atoms with Crippen LogP contribution in [0.2, 0.25) is 0 Å². The summed E-state index contributed by atoms with van der Waals surface area (Å²) in [6.45, 7) is 14.1. The third-order valence-electron chi connectivity index (χ3n) is 14.3. The number of thiazole rings is 1. The number of likely N-dealkylation sites (tertiary alicyclic amines) is 2. The molecule has 5 aromatic rings. The number of hydrogen-bond donors (Lipinski definition) is 7. The Kier molecular flexibility index (Phi) is 18.0. The fraction of sp³-hybridized carbons (Fsp3) is 0.411. The minimum absolute atomic E-state index is 0.0100. The van der Waals surface area contributed by atoms with E-state index in [2.05, 4.69) is 45.9 Å². The number of nitrogens with zero attached hydrogens (tertiary/aromatic N) is 6. The van der Waals surface area contributed by atoms with Gasteiger partial charge in [-0.15, -0.1) is 11.3 Å². The zero-order valence-electron chi connectivity index (χ0n) is 43.9. The third kappa shape index (κ3) is 14.8. The van der Waals surface area contributed by atoms with E-state index in [0.717, 1.165) is 92.1 Å². The summed E-state index contributed by atoms with van der Waals surface area (Å²) < 4.78 is 28.9. The number of aliphatic imine (C=N–C) groups is 1. The van der Waals surface area contributed by atoms with Crippen LogP contribution in [0.1, 0.15) is 67.2 Å². The highest BCUT2D eigenvalue weighted by Crippen LogP contribution is 2.30. The molecule has 0 aliphatic carbocycles. The topological polar surface area (TPSA) is 244 Å². The van der Waals surface area contributed by atoms with Gasteiger partial charge in [-0.25, -0.2) is 18.8 Å². The number of nitrogens with two attached hydrogens (primary N) is 2. The fourth-order valence-electron chi connectivity index (χ4n) is 10.1. The van der Waals surface area contributed by atoms with Crippen LogP contribution in [0.4, 0.5) is 31.5 Å². The molecular formula is C56H68F2N12O6S. The van der Waals surface area contributed by atoms with Gasteiger partial charge >= 0.3 is 0 Å². The molecule has 9 N–H and O–H groups in total. The second-order valence-electron chi connectivity index (χ2n) is 21.2. The van der Waals surface area contributed by atoms with E-state index in [4.69, 9.17) is 11.5 Å². The van der Waals surface area contributed by atoms with Crippen molar-refractivity contribution >= 4 is 69.6 Å². The van der Waals surface area contributed by atoms with Gasteiger partial charge in [0.2, 0.25) is 23.6 Å². The molecule has 3 aliphatic rings. The lowest BCUT2D eigenvalue weighted by Gasteiger charge is -2.40. The van der Waals surface area contributed by atoms with E-state index in [1.54, 1.807) is 35.6 Å². The van der Waals surface area contributed by atoms with E-state index in [1.165, 1.54) is 4.90 Å². The van der Waals surface area contributed by atoms with E-state index in [9.17, 15) is 37.9 Å². The molecule has 0 unspecified atom stereocenters. The largest absolute Gasteiger partial charge is 0.391 e. The Hall–Kier alpha value is -7.33. The lowest BCUT2D eigenvalue weighted by atomic mass is 9.85. The molecule has 0 saturated carbocycles. The summed E-state index contributed by atoms with van der Waals surface area (Å²) in [6.07, 6.45) is 1.24. The van der Waals surface area contributed by atoms with E-state index >= 15 is 0 Å². The average Bonchev–Trinajstić information content (AvgIpc) is 4.02. The number of anilines is 3. The number of halogens is 2. The van der Waals surface area contributed by atoms with Crippen LogP contribution >= 0.6 is 11.3 Å². The molecule has 21 heteroatoms. The van der Waals surface area contributed by atoms with Crippen LogP contribution in [0.5, 0.6) is 0 Å². The predicted molar refractivity (Wildman–Crippen MR) is 294 cm³/mol. The maximum absolute atomic E-state index is 14.6. The quantitative estimate of drug-likeness (QED) is 0.0459. The number of carbonyl (C=O) groups is 5. The zero-order chi connectivity index (χ0) is 55.0. The predicted octanol–water partition coefficient (Wildman–Crippen LogP) is 5.38. The number of aliphatic hydroxyl groups excluding tert-OH is 1. The molecule has 0 radical (unpaired) electrons. The summed E-state index contributed by atoms with van der Waals surface area (Å²) in [5.41, 5.74) is 16.3. The van der Waals surface area contributed by atoms with Crippen LogP contribution < -0.4 is 37.6 Å². The van der Waals surface area contributed by atoms with E-state index in [-0.39, 0.29) is 56.1 Å². The summed E-state index contributed by atoms with van der Waals surface area (Å²) in [4.78, 5) is 84.3. The Morgan fingerprint density at radius 3 is 2.10 bits per heavy atom. The summed E-state index contributed by atoms with van der Waals surface area (Å²) >= 11 is 1.58. The first kappa shape index (κ1) is 55.9. The van der Waals surface area contributed by atoms with Gasteiger partial charge in [0.15, 0.2) is 5.96 Å². The van der Waals surface area contributed by atoms with Crippen molar-refractivity contribution < 1.29 is 37.9 Å². The minimum Gasteiger partial charge on any atom is -0.391 e. The van der Waals surface area contributed by atoms with Crippen LogP contribution in [-0.2, 0) is 32.1 Å². The van der Waals surface area contributed by atoms with Gasteiger partial charge in [0.1, 0.15) is 29.4 Å². The average molecular weight is 1080 g/mol. The van der Waals surface area contributed by atoms with Crippen LogP contribution in [0, 0.1) is 29.9 Å². The molecule has 8 rings (SSSR count). The van der Waals surface area contributed by atoms with Gasteiger partial charge in [-0.3, -0.25) is 33.8 Å². The van der Waals surface area contributed by atoms with Crippen molar-refractivity contribution in [3.05, 3.63) is 124 Å². The number of aromatic nitrogens is 1. The summed E-state index contributed by atoms with van der Waals surface area (Å²) in [5.74, 6) is -4.01. The normalized spacial score (nSPS) is 17.9. The Labute approximate surface area is 451 Å². The number of β-amino-alcohol motifs (C(OH)–C–C–N with tert-alkyl or cyclic N) is 1. The number of nitrogens with one attached hydrogen (secondary N) is 4. The van der Waals surface area contributed by atoms with Gasteiger partial charge in [0.05, 0.1) is 40.7 Å². The molecule has 3 saturated heterocycles. The second-order valence-corrected chi connectivity index (χ2v) is 22.0. The fourth-order valence-corrected chi connectivity index (χ4v) is 10.9. The van der Waals surface area contributed by atoms with Gasteiger partial charge < -0.3 is 47.6 Å². The molecule has 4 aromatic carbocycles. The monoisotopic (exact) mass is 1070 g/mol. The van der Waals surface area contributed by atoms with Gasteiger partial charge in [-0.1, -0.05) is 57.2 Å². The Morgan fingerprint density at radius 2 is 1.47 bits per heavy atom. The molecule has 1 aromatic heterocycles. The van der Waals surface area contributed by atoms with E-state index in [1.807, 2.05) is 81.7 Å². The van der Waals surface area contributed by atoms with Crippen LogP contribution in [-0.4, -0.2) is 137 Å². The second kappa shape index (κ2) is 24.8. The number of guanidine groups is 1. The van der Waals surface area contributed by atoms with Crippen molar-refractivity contribution in [2.75, 3.05) is 74.4 Å². The van der Waals surface area contributed by atoms with Crippen molar-refractivity contribution in [2.24, 2.45) is 27.8 Å². The molecule has 3 atom stereocenters. The number of carbonyl (C=O) groups excluding carboxylic acids is 5. The first-order chi connectivity index (χ1) is 36.8. The summed E-state index contributed by atoms with van der Waals surface area (Å²) in [6, 6.07) is 21.8. The maximum Gasteiger partial charge on any atom is 0.258 e. The van der Waals surface area contributed by atoms with Crippen molar-refractivity contribution in [1.82, 2.24) is 30.3 Å². The highest BCUT2D eigenvalue weighted by atomic mass is 32.1. The Bertz CT molecular complexity index is 2930. The first-order valence-electron chi connectivity index (χ1n) is 25.9. The van der Waals surface area contributed by atoms with Crippen LogP contribution in [0.25, 0.3) is 10.4 Å². The molecule has 408 valence electrons. The number of amides is 5. The van der Waals surface area contributed by atoms with Crippen molar-refractivity contribution in [3.63, 3.8) is 0 Å². The van der Waals surface area contributed by atoms with Crippen LogP contribution in [0.15, 0.2) is 95.4 Å². The highest BCUT2D eigenvalue weighted by molar-refractivity contribution is 7.13. The number of rotatable bonds is 17. The Morgan fingerprint density at radius 1 is 0.818 bits per heavy atom. The maximum atomic E-state index is 14.6. The first-order valence-corrected chi connectivity index (χ1v) is 26.8. The molecule has 0 bridgehead atoms. The molecule has 3 fully saturated rings. The Balaban J connectivity index is 0.728. The molecule has 0 spiro atoms. The molecule has 5 amide bonds. The van der Waals surface area contributed by atoms with Crippen molar-refractivity contribution in [2.45, 2.75) is 78.1 Å². The van der Waals surface area contributed by atoms with Gasteiger partial charge in [0, 0.05) is 75.4 Å². The van der Waals surface area contributed by atoms with Gasteiger partial charge in [-0.2, -0.15) is 0 Å². The lowest BCUT2D eigenvalue weighted by molar-refractivity contribution is -0.144. The number of piperazine rings is 1. The van der Waals surface area contributed by atoms with E-state index < -0.39 is 58.4 Å². The minimum atomic E-state index is -1.00. The molecule has 3 aliphatic heterocycles. The number of hydrogen-bond acceptors (Lipinski definition) is 12. The SMILES string of the molecule is Cc1ncsc1-c1ccc(CNC(=O)[C@@H]2C[C@@H](O)CN2C(=O)[C@@H](NC(=O)CN2CCC(CN3CCN(c4ccc(NC(=O)Cc5ccc(NC(=O)c6cc(F)c(N=C(N)N)cc6F)cc5)cc4)CC3)CC2)C(C)(C)C)cc1. The molecule has 4 heterocycles. The van der Waals surface area contributed by atoms with Crippen molar-refractivity contribution in [1.29, 1.82) is 0 Å². The zero-order valence-corrected chi connectivity index (χ0v) is 44.7. The summed E-state index contributed by atoms with van der Waals surface area (Å²) in [7, 11) is 0. The van der Waals surface area contributed by atoms with Gasteiger partial charge in [-0.05, 0) is 103 Å². The van der Waals surface area contributed by atoms with E-state index in [0.29, 0.717) is 28.9 Å². The molecular weight excluding hydrogens is 1010 g/mol. The number of aryl methyl sites for hydroxylation is 1. The molecule has 77 heavy (non-hydrogen) atoms. The third-order valence-corrected chi connectivity index (χ3v) is 15.3. The number of benzene rings is 4. The lowest BCUT2D eigenvalue weighted by Crippen LogP contribution is -2.59. The van der Waals surface area contributed by atoms with Crippen LogP contribution in [0.3, 0.4) is 0 Å². The smallest absolute Gasteiger partial charge is 0.258 e. The number of piperidine rings is 1.